The Bertz CT molecular complexity index is 683. The number of fused-ring (bicyclic) bond motifs is 1. The molecular formula is C13H14N2O4. The van der Waals surface area contributed by atoms with Crippen LogP contribution in [0.3, 0.4) is 0 Å². The molecule has 1 N–H and O–H groups in total. The lowest BCUT2D eigenvalue weighted by Crippen LogP contribution is -2.33. The zero-order chi connectivity index (χ0) is 14.0. The summed E-state index contributed by atoms with van der Waals surface area (Å²) in [5, 5.41) is 0. The molecule has 1 heterocycles. The average Bonchev–Trinajstić information content (AvgIpc) is 2.74. The molecule has 1 aromatic heterocycles. The third kappa shape index (κ3) is 2.90. The Labute approximate surface area is 109 Å². The fraction of sp³-hybridized carbons (Fsp3) is 0.308. The fourth-order valence-electron chi connectivity index (χ4n) is 1.82. The highest BCUT2D eigenvalue weighted by atomic mass is 16.4. The minimum absolute atomic E-state index is 0.437. The van der Waals surface area contributed by atoms with Crippen LogP contribution in [0.5, 0.6) is 0 Å². The van der Waals surface area contributed by atoms with Crippen molar-refractivity contribution in [1.82, 2.24) is 9.88 Å². The quantitative estimate of drug-likeness (QED) is 0.822. The fourth-order valence-corrected chi connectivity index (χ4v) is 1.82. The van der Waals surface area contributed by atoms with Crippen LogP contribution >= 0.6 is 0 Å². The van der Waals surface area contributed by atoms with Gasteiger partial charge in [0, 0.05) is 20.5 Å². The van der Waals surface area contributed by atoms with Crippen LogP contribution in [0.4, 0.5) is 0 Å². The van der Waals surface area contributed by atoms with E-state index in [4.69, 9.17) is 4.42 Å². The molecule has 0 saturated heterocycles. The predicted molar refractivity (Wildman–Crippen MR) is 68.9 cm³/mol. The van der Waals surface area contributed by atoms with E-state index in [1.54, 1.807) is 19.2 Å². The molecule has 6 heteroatoms. The van der Waals surface area contributed by atoms with Crippen LogP contribution < -0.4 is 5.76 Å². The van der Waals surface area contributed by atoms with Crippen LogP contribution in [0.15, 0.2) is 27.4 Å². The van der Waals surface area contributed by atoms with Gasteiger partial charge in [-0.3, -0.25) is 14.6 Å². The zero-order valence-corrected chi connectivity index (χ0v) is 10.7. The molecule has 1 amide bonds. The molecule has 0 aliphatic heterocycles. The first-order valence-electron chi connectivity index (χ1n) is 5.85. The van der Waals surface area contributed by atoms with Crippen LogP contribution in [0.1, 0.15) is 12.5 Å². The van der Waals surface area contributed by atoms with E-state index in [1.807, 2.05) is 6.07 Å². The molecule has 6 nitrogen and oxygen atoms in total. The molecule has 0 fully saturated rings. The van der Waals surface area contributed by atoms with Gasteiger partial charge < -0.3 is 9.32 Å². The molecule has 1 aromatic carbocycles. The minimum atomic E-state index is -0.502. The van der Waals surface area contributed by atoms with Crippen LogP contribution in [0.2, 0.25) is 0 Å². The first-order valence-corrected chi connectivity index (χ1v) is 5.85. The summed E-state index contributed by atoms with van der Waals surface area (Å²) in [6.45, 7) is 1.69. The van der Waals surface area contributed by atoms with Crippen molar-refractivity contribution >= 4 is 22.8 Å². The lowest BCUT2D eigenvalue weighted by atomic mass is 10.1. The van der Waals surface area contributed by atoms with Crippen molar-refractivity contribution in [3.63, 3.8) is 0 Å². The summed E-state index contributed by atoms with van der Waals surface area (Å²) in [5.41, 5.74) is 2.08. The molecule has 19 heavy (non-hydrogen) atoms. The molecule has 0 saturated carbocycles. The first kappa shape index (κ1) is 13.1. The maximum atomic E-state index is 11.4. The number of rotatable bonds is 4. The van der Waals surface area contributed by atoms with Gasteiger partial charge in [-0.05, 0) is 24.1 Å². The van der Waals surface area contributed by atoms with Gasteiger partial charge in [0.25, 0.3) is 5.91 Å². The minimum Gasteiger partial charge on any atom is -0.408 e. The van der Waals surface area contributed by atoms with Crippen LogP contribution in [0.25, 0.3) is 11.1 Å². The van der Waals surface area contributed by atoms with E-state index >= 15 is 0 Å². The molecular weight excluding hydrogens is 248 g/mol. The number of Topliss-reactive ketones (excluding diaryl/α,β-unsaturated/α-hetero) is 1. The van der Waals surface area contributed by atoms with Crippen molar-refractivity contribution < 1.29 is 14.0 Å². The Morgan fingerprint density at radius 1 is 1.37 bits per heavy atom. The van der Waals surface area contributed by atoms with E-state index in [0.717, 1.165) is 5.56 Å². The van der Waals surface area contributed by atoms with E-state index in [1.165, 1.54) is 11.8 Å². The van der Waals surface area contributed by atoms with E-state index in [9.17, 15) is 14.4 Å². The third-order valence-electron chi connectivity index (χ3n) is 2.87. The zero-order valence-electron chi connectivity index (χ0n) is 10.7. The number of nitrogens with zero attached hydrogens (tertiary/aromatic N) is 1. The van der Waals surface area contributed by atoms with Gasteiger partial charge in [0.05, 0.1) is 5.52 Å². The molecule has 0 aliphatic rings. The highest BCUT2D eigenvalue weighted by molar-refractivity contribution is 6.34. The number of hydrogen-bond acceptors (Lipinski definition) is 4. The van der Waals surface area contributed by atoms with E-state index in [2.05, 4.69) is 4.98 Å². The third-order valence-corrected chi connectivity index (χ3v) is 2.87. The van der Waals surface area contributed by atoms with Crippen LogP contribution in [-0.4, -0.2) is 35.2 Å². The summed E-state index contributed by atoms with van der Waals surface area (Å²) in [5.74, 6) is -1.47. The highest BCUT2D eigenvalue weighted by Crippen LogP contribution is 2.12. The van der Waals surface area contributed by atoms with Gasteiger partial charge in [-0.25, -0.2) is 4.79 Å². The lowest BCUT2D eigenvalue weighted by molar-refractivity contribution is -0.142. The van der Waals surface area contributed by atoms with Gasteiger partial charge in [0.2, 0.25) is 5.78 Å². The second-order valence-corrected chi connectivity index (χ2v) is 4.38. The molecule has 0 aliphatic carbocycles. The monoisotopic (exact) mass is 262 g/mol. The van der Waals surface area contributed by atoms with Crippen LogP contribution in [-0.2, 0) is 16.0 Å². The molecule has 100 valence electrons. The number of H-pyrrole nitrogens is 1. The Morgan fingerprint density at radius 3 is 2.79 bits per heavy atom. The van der Waals surface area contributed by atoms with E-state index in [0.29, 0.717) is 24.1 Å². The Kier molecular flexibility index (Phi) is 3.50. The van der Waals surface area contributed by atoms with E-state index in [-0.39, 0.29) is 0 Å². The first-order chi connectivity index (χ1) is 8.97. The van der Waals surface area contributed by atoms with Gasteiger partial charge >= 0.3 is 5.76 Å². The number of ketones is 1. The van der Waals surface area contributed by atoms with Gasteiger partial charge in [0.1, 0.15) is 0 Å². The predicted octanol–water partition coefficient (Wildman–Crippen LogP) is 0.711. The largest absolute Gasteiger partial charge is 0.417 e. The molecule has 0 bridgehead atoms. The number of carbonyl (C=O) groups is 2. The molecule has 0 radical (unpaired) electrons. The summed E-state index contributed by atoms with van der Waals surface area (Å²) in [4.78, 5) is 37.3. The number of amides is 1. The standard InChI is InChI=1S/C13H14N2O4/c1-8(16)12(17)15(2)6-5-9-3-4-11-10(7-9)14-13(18)19-11/h3-4,7H,5-6H2,1-2H3,(H,14,18). The molecule has 0 atom stereocenters. The Balaban J connectivity index is 2.07. The second kappa shape index (κ2) is 5.09. The molecule has 0 unspecified atom stereocenters. The SMILES string of the molecule is CC(=O)C(=O)N(C)CCc1ccc2oc(=O)[nH]c2c1. The Hall–Kier alpha value is -2.37. The summed E-state index contributed by atoms with van der Waals surface area (Å²) >= 11 is 0. The number of likely N-dealkylation sites (N-methyl/N-ethyl adjacent to an activating group) is 1. The second-order valence-electron chi connectivity index (χ2n) is 4.38. The molecule has 2 aromatic rings. The maximum absolute atomic E-state index is 11.4. The van der Waals surface area contributed by atoms with Crippen molar-refractivity contribution in [3.05, 3.63) is 34.3 Å². The van der Waals surface area contributed by atoms with Crippen LogP contribution in [0, 0.1) is 0 Å². The number of aromatic amines is 1. The number of aromatic nitrogens is 1. The molecule has 0 spiro atoms. The lowest BCUT2D eigenvalue weighted by Gasteiger charge is -2.15. The smallest absolute Gasteiger partial charge is 0.408 e. The van der Waals surface area contributed by atoms with Crippen molar-refractivity contribution in [2.24, 2.45) is 0 Å². The van der Waals surface area contributed by atoms with Crippen molar-refractivity contribution in [1.29, 1.82) is 0 Å². The highest BCUT2D eigenvalue weighted by Gasteiger charge is 2.13. The van der Waals surface area contributed by atoms with Gasteiger partial charge in [-0.2, -0.15) is 0 Å². The van der Waals surface area contributed by atoms with Crippen molar-refractivity contribution in [3.8, 4) is 0 Å². The van der Waals surface area contributed by atoms with Gasteiger partial charge in [-0.1, -0.05) is 6.07 Å². The number of benzene rings is 1. The van der Waals surface area contributed by atoms with E-state index < -0.39 is 17.4 Å². The van der Waals surface area contributed by atoms with Crippen molar-refractivity contribution in [2.45, 2.75) is 13.3 Å². The average molecular weight is 262 g/mol. The summed E-state index contributed by atoms with van der Waals surface area (Å²) < 4.78 is 4.90. The summed E-state index contributed by atoms with van der Waals surface area (Å²) in [6.07, 6.45) is 0.596. The number of hydrogen-bond donors (Lipinski definition) is 1. The topological polar surface area (TPSA) is 83.4 Å². The normalized spacial score (nSPS) is 10.6. The summed E-state index contributed by atoms with van der Waals surface area (Å²) in [7, 11) is 1.59. The van der Waals surface area contributed by atoms with Gasteiger partial charge in [0.15, 0.2) is 5.58 Å². The van der Waals surface area contributed by atoms with Gasteiger partial charge in [-0.15, -0.1) is 0 Å². The van der Waals surface area contributed by atoms with Crippen molar-refractivity contribution in [2.75, 3.05) is 13.6 Å². The molecule has 2 rings (SSSR count). The maximum Gasteiger partial charge on any atom is 0.417 e. The number of nitrogens with one attached hydrogen (secondary N) is 1. The summed E-state index contributed by atoms with van der Waals surface area (Å²) in [6, 6.07) is 5.33. The number of oxazole rings is 1. The number of carbonyl (C=O) groups excluding carboxylic acids is 2. The Morgan fingerprint density at radius 2 is 2.11 bits per heavy atom.